The van der Waals surface area contributed by atoms with Gasteiger partial charge in [-0.2, -0.15) is 0 Å². The molecule has 1 aromatic carbocycles. The van der Waals surface area contributed by atoms with Crippen LogP contribution in [0, 0.1) is 0 Å². The molecule has 2 N–H and O–H groups in total. The Morgan fingerprint density at radius 3 is 2.56 bits per heavy atom. The predicted molar refractivity (Wildman–Crippen MR) is 75.2 cm³/mol. The van der Waals surface area contributed by atoms with E-state index in [2.05, 4.69) is 0 Å². The van der Waals surface area contributed by atoms with E-state index in [0.29, 0.717) is 22.3 Å². The van der Waals surface area contributed by atoms with Crippen molar-refractivity contribution in [3.05, 3.63) is 27.7 Å². The molecule has 0 radical (unpaired) electrons. The van der Waals surface area contributed by atoms with Crippen molar-refractivity contribution in [2.75, 3.05) is 12.8 Å². The summed E-state index contributed by atoms with van der Waals surface area (Å²) in [7, 11) is 1.81. The molecule has 1 saturated carbocycles. The molecule has 0 unspecified atom stereocenters. The van der Waals surface area contributed by atoms with Crippen molar-refractivity contribution in [1.82, 2.24) is 4.90 Å². The van der Waals surface area contributed by atoms with E-state index in [1.807, 2.05) is 7.05 Å². The van der Waals surface area contributed by atoms with Crippen LogP contribution in [0.4, 0.5) is 5.69 Å². The summed E-state index contributed by atoms with van der Waals surface area (Å²) < 4.78 is 0. The minimum atomic E-state index is -0.110. The number of nitrogen functional groups attached to an aromatic ring is 1. The molecule has 0 aromatic heterocycles. The Kier molecular flexibility index (Phi) is 4.03. The number of hydrogen-bond donors (Lipinski definition) is 1. The van der Waals surface area contributed by atoms with Gasteiger partial charge in [0.15, 0.2) is 0 Å². The van der Waals surface area contributed by atoms with Crippen LogP contribution in [-0.2, 0) is 0 Å². The van der Waals surface area contributed by atoms with E-state index in [-0.39, 0.29) is 10.9 Å². The molecular formula is C13H16Cl2N2O. The van der Waals surface area contributed by atoms with Gasteiger partial charge in [0, 0.05) is 18.8 Å². The minimum Gasteiger partial charge on any atom is -0.399 e. The Hall–Kier alpha value is -0.930. The van der Waals surface area contributed by atoms with Crippen LogP contribution < -0.4 is 5.73 Å². The predicted octanol–water partition coefficient (Wildman–Crippen LogP) is 3.59. The van der Waals surface area contributed by atoms with Crippen molar-refractivity contribution < 1.29 is 4.79 Å². The molecule has 1 amide bonds. The number of carbonyl (C=O) groups is 1. The van der Waals surface area contributed by atoms with Crippen LogP contribution in [0.2, 0.25) is 10.0 Å². The molecule has 1 fully saturated rings. The summed E-state index contributed by atoms with van der Waals surface area (Å²) in [5.41, 5.74) is 6.54. The van der Waals surface area contributed by atoms with Gasteiger partial charge in [0.05, 0.1) is 15.6 Å². The summed E-state index contributed by atoms with van der Waals surface area (Å²) in [6.07, 6.45) is 4.45. The number of benzene rings is 1. The summed E-state index contributed by atoms with van der Waals surface area (Å²) >= 11 is 12.0. The van der Waals surface area contributed by atoms with E-state index < -0.39 is 0 Å². The maximum absolute atomic E-state index is 12.4. The molecule has 0 saturated heterocycles. The first kappa shape index (κ1) is 13.5. The maximum Gasteiger partial charge on any atom is 0.255 e. The number of nitrogens with zero attached hydrogens (tertiary/aromatic N) is 1. The molecule has 1 aliphatic rings. The highest BCUT2D eigenvalue weighted by atomic mass is 35.5. The van der Waals surface area contributed by atoms with Gasteiger partial charge in [-0.3, -0.25) is 4.79 Å². The van der Waals surface area contributed by atoms with E-state index in [4.69, 9.17) is 28.9 Å². The third-order valence-electron chi connectivity index (χ3n) is 3.47. The summed E-state index contributed by atoms with van der Waals surface area (Å²) in [6.45, 7) is 0. The highest BCUT2D eigenvalue weighted by Crippen LogP contribution is 2.31. The lowest BCUT2D eigenvalue weighted by Crippen LogP contribution is -2.35. The Morgan fingerprint density at radius 2 is 1.94 bits per heavy atom. The molecule has 0 aliphatic heterocycles. The van der Waals surface area contributed by atoms with E-state index in [1.54, 1.807) is 17.0 Å². The molecule has 98 valence electrons. The Balaban J connectivity index is 2.27. The lowest BCUT2D eigenvalue weighted by atomic mass is 10.1. The smallest absolute Gasteiger partial charge is 0.255 e. The van der Waals surface area contributed by atoms with Crippen molar-refractivity contribution in [3.63, 3.8) is 0 Å². The summed E-state index contributed by atoms with van der Waals surface area (Å²) in [4.78, 5) is 14.1. The maximum atomic E-state index is 12.4. The van der Waals surface area contributed by atoms with E-state index in [9.17, 15) is 4.79 Å². The van der Waals surface area contributed by atoms with Gasteiger partial charge in [0.2, 0.25) is 0 Å². The normalized spacial score (nSPS) is 15.9. The largest absolute Gasteiger partial charge is 0.399 e. The lowest BCUT2D eigenvalue weighted by molar-refractivity contribution is 0.0735. The van der Waals surface area contributed by atoms with E-state index in [1.165, 1.54) is 12.8 Å². The molecule has 0 bridgehead atoms. The van der Waals surface area contributed by atoms with Crippen LogP contribution in [0.5, 0.6) is 0 Å². The monoisotopic (exact) mass is 286 g/mol. The SMILES string of the molecule is CN(C(=O)c1cc(N)cc(Cl)c1Cl)C1CCCC1. The number of carbonyl (C=O) groups excluding carboxylic acids is 1. The molecule has 18 heavy (non-hydrogen) atoms. The summed E-state index contributed by atoms with van der Waals surface area (Å²) in [5.74, 6) is -0.110. The van der Waals surface area contributed by atoms with Crippen LogP contribution >= 0.6 is 23.2 Å². The van der Waals surface area contributed by atoms with Crippen LogP contribution in [0.1, 0.15) is 36.0 Å². The number of halogens is 2. The van der Waals surface area contributed by atoms with Gasteiger partial charge in [-0.1, -0.05) is 36.0 Å². The highest BCUT2D eigenvalue weighted by Gasteiger charge is 2.26. The lowest BCUT2D eigenvalue weighted by Gasteiger charge is -2.25. The minimum absolute atomic E-state index is 0.110. The van der Waals surface area contributed by atoms with Crippen molar-refractivity contribution in [3.8, 4) is 0 Å². The average molecular weight is 287 g/mol. The quantitative estimate of drug-likeness (QED) is 0.845. The van der Waals surface area contributed by atoms with Gasteiger partial charge < -0.3 is 10.6 Å². The van der Waals surface area contributed by atoms with Crippen LogP contribution in [0.15, 0.2) is 12.1 Å². The van der Waals surface area contributed by atoms with Gasteiger partial charge >= 0.3 is 0 Å². The first-order chi connectivity index (χ1) is 8.50. The number of hydrogen-bond acceptors (Lipinski definition) is 2. The molecule has 1 aromatic rings. The molecule has 2 rings (SSSR count). The topological polar surface area (TPSA) is 46.3 Å². The fourth-order valence-electron chi connectivity index (χ4n) is 2.41. The highest BCUT2D eigenvalue weighted by molar-refractivity contribution is 6.44. The molecule has 5 heteroatoms. The molecular weight excluding hydrogens is 271 g/mol. The first-order valence-electron chi connectivity index (χ1n) is 6.02. The average Bonchev–Trinajstić information content (AvgIpc) is 2.85. The molecule has 3 nitrogen and oxygen atoms in total. The van der Waals surface area contributed by atoms with E-state index in [0.717, 1.165) is 12.8 Å². The molecule has 0 heterocycles. The fraction of sp³-hybridized carbons (Fsp3) is 0.462. The van der Waals surface area contributed by atoms with Crippen LogP contribution in [-0.4, -0.2) is 23.9 Å². The van der Waals surface area contributed by atoms with Gasteiger partial charge in [0.1, 0.15) is 0 Å². The van der Waals surface area contributed by atoms with Gasteiger partial charge in [-0.25, -0.2) is 0 Å². The number of nitrogens with two attached hydrogens (primary N) is 1. The van der Waals surface area contributed by atoms with Gasteiger partial charge in [-0.05, 0) is 25.0 Å². The summed E-state index contributed by atoms with van der Waals surface area (Å²) in [6, 6.07) is 3.44. The standard InChI is InChI=1S/C13H16Cl2N2O/c1-17(9-4-2-3-5-9)13(18)10-6-8(16)7-11(14)12(10)15/h6-7,9H,2-5,16H2,1H3. The molecule has 0 atom stereocenters. The van der Waals surface area contributed by atoms with Gasteiger partial charge in [-0.15, -0.1) is 0 Å². The van der Waals surface area contributed by atoms with Crippen molar-refractivity contribution in [2.24, 2.45) is 0 Å². The van der Waals surface area contributed by atoms with Gasteiger partial charge in [0.25, 0.3) is 5.91 Å². The zero-order valence-corrected chi connectivity index (χ0v) is 11.8. The second-order valence-corrected chi connectivity index (χ2v) is 5.50. The first-order valence-corrected chi connectivity index (χ1v) is 6.78. The second kappa shape index (κ2) is 5.37. The zero-order chi connectivity index (χ0) is 13.3. The van der Waals surface area contributed by atoms with Crippen molar-refractivity contribution in [2.45, 2.75) is 31.7 Å². The zero-order valence-electron chi connectivity index (χ0n) is 10.2. The van der Waals surface area contributed by atoms with Crippen molar-refractivity contribution in [1.29, 1.82) is 0 Å². The van der Waals surface area contributed by atoms with E-state index >= 15 is 0 Å². The molecule has 0 spiro atoms. The Morgan fingerprint density at radius 1 is 1.33 bits per heavy atom. The van der Waals surface area contributed by atoms with Crippen molar-refractivity contribution >= 4 is 34.8 Å². The fourth-order valence-corrected chi connectivity index (χ4v) is 2.83. The number of rotatable bonds is 2. The third-order valence-corrected chi connectivity index (χ3v) is 4.28. The number of anilines is 1. The third kappa shape index (κ3) is 2.57. The molecule has 1 aliphatic carbocycles. The second-order valence-electron chi connectivity index (χ2n) is 4.72. The Bertz CT molecular complexity index is 470. The van der Waals surface area contributed by atoms with Crippen LogP contribution in [0.25, 0.3) is 0 Å². The number of amides is 1. The summed E-state index contributed by atoms with van der Waals surface area (Å²) in [5, 5.41) is 0.598. The van der Waals surface area contributed by atoms with Crippen LogP contribution in [0.3, 0.4) is 0 Å². The Labute approximate surface area is 117 Å².